The van der Waals surface area contributed by atoms with Crippen molar-refractivity contribution in [3.8, 4) is 0 Å². The van der Waals surface area contributed by atoms with E-state index in [1.165, 1.54) is 16.7 Å². The molecule has 252 valence electrons. The summed E-state index contributed by atoms with van der Waals surface area (Å²) < 4.78 is 47.8. The standard InChI is InChI=1S/C29H37BrClF3N8O3S/c1-16-11-42(27(44)45-28(3,4)5)17(2)10-41(16)25-19-9-20(31)22(30)24(23(19)38(6)15-43)46-14-18(35-25)12-39-7-8-40-21(13-39)36-37-26(40)29(32,33)34/h9,15-18H,7-8,10-14H2,1-6H3/t16?,17-,18?/m1/s1. The van der Waals surface area contributed by atoms with Gasteiger partial charge in [-0.2, -0.15) is 13.2 Å². The van der Waals surface area contributed by atoms with Crippen LogP contribution in [0.4, 0.5) is 23.7 Å². The van der Waals surface area contributed by atoms with Gasteiger partial charge >= 0.3 is 12.3 Å². The number of piperazine rings is 1. The van der Waals surface area contributed by atoms with Gasteiger partial charge in [0.15, 0.2) is 0 Å². The molecule has 1 saturated heterocycles. The van der Waals surface area contributed by atoms with Crippen molar-refractivity contribution in [1.29, 1.82) is 0 Å². The predicted molar refractivity (Wildman–Crippen MR) is 174 cm³/mol. The molecule has 17 heteroatoms. The Bertz CT molecular complexity index is 1530. The molecule has 1 fully saturated rings. The van der Waals surface area contributed by atoms with Gasteiger partial charge in [0.2, 0.25) is 12.2 Å². The van der Waals surface area contributed by atoms with Gasteiger partial charge in [-0.05, 0) is 56.6 Å². The van der Waals surface area contributed by atoms with Gasteiger partial charge in [0.1, 0.15) is 17.3 Å². The fraction of sp³-hybridized carbons (Fsp3) is 0.621. The van der Waals surface area contributed by atoms with E-state index >= 15 is 0 Å². The number of rotatable bonds is 4. The Hall–Kier alpha value is -2.56. The summed E-state index contributed by atoms with van der Waals surface area (Å²) in [6, 6.07) is 1.12. The highest BCUT2D eigenvalue weighted by molar-refractivity contribution is 9.10. The number of amides is 2. The molecule has 2 amide bonds. The van der Waals surface area contributed by atoms with E-state index in [-0.39, 0.29) is 43.1 Å². The van der Waals surface area contributed by atoms with Crippen LogP contribution < -0.4 is 4.90 Å². The van der Waals surface area contributed by atoms with Crippen molar-refractivity contribution in [3.63, 3.8) is 0 Å². The minimum absolute atomic E-state index is 0.114. The third-order valence-corrected chi connectivity index (χ3v) is 10.9. The van der Waals surface area contributed by atoms with Gasteiger partial charge in [-0.1, -0.05) is 11.6 Å². The lowest BCUT2D eigenvalue weighted by Crippen LogP contribution is -2.60. The summed E-state index contributed by atoms with van der Waals surface area (Å²) in [5.74, 6) is 0.425. The van der Waals surface area contributed by atoms with Gasteiger partial charge in [0.25, 0.3) is 0 Å². The van der Waals surface area contributed by atoms with Crippen molar-refractivity contribution < 1.29 is 27.5 Å². The maximum atomic E-state index is 13.4. The van der Waals surface area contributed by atoms with Crippen molar-refractivity contribution in [2.45, 2.75) is 82.5 Å². The Kier molecular flexibility index (Phi) is 9.94. The second kappa shape index (κ2) is 13.2. The van der Waals surface area contributed by atoms with E-state index < -0.39 is 17.6 Å². The van der Waals surface area contributed by atoms with E-state index in [1.807, 2.05) is 39.5 Å². The van der Waals surface area contributed by atoms with E-state index in [1.54, 1.807) is 18.0 Å². The Morgan fingerprint density at radius 1 is 1.20 bits per heavy atom. The van der Waals surface area contributed by atoms with Gasteiger partial charge in [-0.15, -0.1) is 22.0 Å². The van der Waals surface area contributed by atoms with Gasteiger partial charge in [0.05, 0.1) is 27.8 Å². The molecule has 0 saturated carbocycles. The molecule has 0 radical (unpaired) electrons. The second-order valence-corrected chi connectivity index (χ2v) is 15.1. The number of carbonyl (C=O) groups excluding carboxylic acids is 2. The predicted octanol–water partition coefficient (Wildman–Crippen LogP) is 5.37. The molecule has 1 aromatic heterocycles. The molecule has 5 rings (SSSR count). The SMILES string of the molecule is CC1CN(C(=O)OC(C)(C)C)[C@H](C)CN1C1=NC(CN2CCn3c(nnc3C(F)(F)F)C2)CSc2c(Br)c(Cl)cc1c2N(C)C=O. The number of carbonyl (C=O) groups is 2. The van der Waals surface area contributed by atoms with E-state index in [0.29, 0.717) is 58.5 Å². The minimum atomic E-state index is -4.57. The first-order chi connectivity index (χ1) is 21.5. The van der Waals surface area contributed by atoms with Crippen LogP contribution in [0.3, 0.4) is 0 Å². The third-order valence-electron chi connectivity index (χ3n) is 8.07. The molecule has 0 aliphatic carbocycles. The number of thioether (sulfide) groups is 1. The van der Waals surface area contributed by atoms with E-state index in [4.69, 9.17) is 21.3 Å². The number of amidine groups is 1. The van der Waals surface area contributed by atoms with Gasteiger partial charge < -0.3 is 24.0 Å². The molecule has 3 atom stereocenters. The first-order valence-electron chi connectivity index (χ1n) is 14.9. The van der Waals surface area contributed by atoms with Crippen LogP contribution in [-0.4, -0.2) is 111 Å². The summed E-state index contributed by atoms with van der Waals surface area (Å²) >= 11 is 11.9. The van der Waals surface area contributed by atoms with Crippen LogP contribution in [0.15, 0.2) is 20.4 Å². The normalized spacial score (nSPS) is 22.5. The molecule has 3 aliphatic rings. The highest BCUT2D eigenvalue weighted by Crippen LogP contribution is 2.45. The van der Waals surface area contributed by atoms with E-state index in [2.05, 4.69) is 31.0 Å². The van der Waals surface area contributed by atoms with Crippen LogP contribution in [0.1, 0.15) is 51.8 Å². The number of benzene rings is 1. The summed E-state index contributed by atoms with van der Waals surface area (Å²) in [7, 11) is 1.68. The largest absolute Gasteiger partial charge is 0.451 e. The highest BCUT2D eigenvalue weighted by atomic mass is 79.9. The summed E-state index contributed by atoms with van der Waals surface area (Å²) in [4.78, 5) is 38.7. The van der Waals surface area contributed by atoms with Crippen LogP contribution in [0.2, 0.25) is 5.02 Å². The van der Waals surface area contributed by atoms with Gasteiger partial charge in [-0.25, -0.2) is 4.79 Å². The van der Waals surface area contributed by atoms with E-state index in [0.717, 1.165) is 15.9 Å². The maximum Gasteiger partial charge on any atom is 0.451 e. The van der Waals surface area contributed by atoms with Crippen molar-refractivity contribution >= 4 is 63.3 Å². The first-order valence-corrected chi connectivity index (χ1v) is 17.0. The molecule has 1 aromatic carbocycles. The average molecular weight is 750 g/mol. The number of aliphatic imine (C=N–C) groups is 1. The van der Waals surface area contributed by atoms with E-state index in [9.17, 15) is 22.8 Å². The molecule has 4 heterocycles. The lowest BCUT2D eigenvalue weighted by Gasteiger charge is -2.46. The second-order valence-electron chi connectivity index (χ2n) is 12.8. The summed E-state index contributed by atoms with van der Waals surface area (Å²) in [5.41, 5.74) is 0.697. The number of alkyl halides is 3. The Morgan fingerprint density at radius 3 is 2.57 bits per heavy atom. The fourth-order valence-electron chi connectivity index (χ4n) is 5.95. The van der Waals surface area contributed by atoms with Crippen LogP contribution in [0.5, 0.6) is 0 Å². The molecule has 2 unspecified atom stereocenters. The number of anilines is 1. The number of fused-ring (bicyclic) bond motifs is 3. The zero-order chi connectivity index (χ0) is 33.7. The molecule has 0 N–H and O–H groups in total. The lowest BCUT2D eigenvalue weighted by atomic mass is 10.0. The summed E-state index contributed by atoms with van der Waals surface area (Å²) in [6.45, 7) is 11.4. The maximum absolute atomic E-state index is 13.4. The number of hydrogen-bond acceptors (Lipinski definition) is 9. The minimum Gasteiger partial charge on any atom is -0.444 e. The lowest BCUT2D eigenvalue weighted by molar-refractivity contribution is -0.148. The monoisotopic (exact) mass is 748 g/mol. The molecule has 11 nitrogen and oxygen atoms in total. The Morgan fingerprint density at radius 2 is 1.91 bits per heavy atom. The van der Waals surface area contributed by atoms with Crippen molar-refractivity contribution in [2.24, 2.45) is 4.99 Å². The highest BCUT2D eigenvalue weighted by Gasteiger charge is 2.41. The van der Waals surface area contributed by atoms with Crippen molar-refractivity contribution in [2.75, 3.05) is 43.9 Å². The van der Waals surface area contributed by atoms with Crippen molar-refractivity contribution in [3.05, 3.63) is 32.8 Å². The molecule has 46 heavy (non-hydrogen) atoms. The molecule has 0 spiro atoms. The van der Waals surface area contributed by atoms with Crippen LogP contribution in [0, 0.1) is 0 Å². The first kappa shape index (κ1) is 34.8. The Labute approximate surface area is 283 Å². The smallest absolute Gasteiger partial charge is 0.444 e. The van der Waals surface area contributed by atoms with Gasteiger partial charge in [-0.3, -0.25) is 14.7 Å². The molecule has 2 aromatic rings. The zero-order valence-electron chi connectivity index (χ0n) is 26.4. The quantitative estimate of drug-likeness (QED) is 0.385. The number of ether oxygens (including phenoxy) is 1. The zero-order valence-corrected chi connectivity index (χ0v) is 29.6. The Balaban J connectivity index is 1.50. The molecular formula is C29H37BrClF3N8O3S. The summed E-state index contributed by atoms with van der Waals surface area (Å²) in [5, 5.41) is 7.71. The van der Waals surface area contributed by atoms with Crippen LogP contribution in [0.25, 0.3) is 0 Å². The van der Waals surface area contributed by atoms with Crippen LogP contribution >= 0.6 is 39.3 Å². The average Bonchev–Trinajstić information content (AvgIpc) is 3.39. The number of hydrogen-bond donors (Lipinski definition) is 0. The van der Waals surface area contributed by atoms with Gasteiger partial charge in [0, 0.05) is 68.1 Å². The number of aromatic nitrogens is 3. The van der Waals surface area contributed by atoms with Crippen LogP contribution in [-0.2, 0) is 28.8 Å². The summed E-state index contributed by atoms with van der Waals surface area (Å²) in [6.07, 6.45) is -4.22. The molecular weight excluding hydrogens is 713 g/mol. The fourth-order valence-corrected chi connectivity index (χ4v) is 8.02. The number of nitrogens with zero attached hydrogens (tertiary/aromatic N) is 8. The third kappa shape index (κ3) is 7.14. The molecule has 3 aliphatic heterocycles. The topological polar surface area (TPSA) is 99.4 Å². The number of halogens is 5. The van der Waals surface area contributed by atoms with Crippen molar-refractivity contribution in [1.82, 2.24) is 29.5 Å². The molecule has 2 bridgehead atoms.